The van der Waals surface area contributed by atoms with Gasteiger partial charge in [0.05, 0.1) is 5.69 Å². The quantitative estimate of drug-likeness (QED) is 0.547. The third-order valence-electron chi connectivity index (χ3n) is 3.62. The summed E-state index contributed by atoms with van der Waals surface area (Å²) in [5.74, 6) is 1.09. The summed E-state index contributed by atoms with van der Waals surface area (Å²) in [6, 6.07) is 7.31. The average molecular weight is 350 g/mol. The van der Waals surface area contributed by atoms with Crippen LogP contribution in [0.25, 0.3) is 11.4 Å². The van der Waals surface area contributed by atoms with Crippen LogP contribution in [0.2, 0.25) is 0 Å². The second-order valence-corrected chi connectivity index (χ2v) is 5.27. The monoisotopic (exact) mass is 349 g/mol. The van der Waals surface area contributed by atoms with E-state index in [9.17, 15) is 0 Å². The Bertz CT molecular complexity index is 688. The molecule has 0 radical (unpaired) electrons. The van der Waals surface area contributed by atoms with Crippen molar-refractivity contribution in [2.75, 3.05) is 13.1 Å². The number of hydrogen-bond acceptors (Lipinski definition) is 4. The van der Waals surface area contributed by atoms with E-state index in [-0.39, 0.29) is 18.4 Å². The lowest BCUT2D eigenvalue weighted by atomic mass is 10.1. The molecule has 1 saturated heterocycles. The van der Waals surface area contributed by atoms with E-state index in [1.807, 2.05) is 29.2 Å². The predicted octanol–water partition coefficient (Wildman–Crippen LogP) is 1.04. The number of rotatable bonds is 2. The van der Waals surface area contributed by atoms with Crippen LogP contribution in [-0.4, -0.2) is 50.5 Å². The SMILES string of the molecule is Cl.NC(=Nc1ccc(-c2nn[nH]n2)cc1)N=C(N)N1CCCCC1. The number of aliphatic imine (C=N–C) groups is 2. The lowest BCUT2D eigenvalue weighted by Crippen LogP contribution is -2.41. The summed E-state index contributed by atoms with van der Waals surface area (Å²) >= 11 is 0. The van der Waals surface area contributed by atoms with E-state index in [1.165, 1.54) is 6.42 Å². The first-order valence-corrected chi connectivity index (χ1v) is 7.49. The Labute approximate surface area is 145 Å². The molecule has 2 heterocycles. The van der Waals surface area contributed by atoms with Crippen LogP contribution in [0.3, 0.4) is 0 Å². The summed E-state index contributed by atoms with van der Waals surface area (Å²) in [6.45, 7) is 1.84. The number of guanidine groups is 2. The highest BCUT2D eigenvalue weighted by Gasteiger charge is 2.12. The van der Waals surface area contributed by atoms with Crippen LogP contribution >= 0.6 is 12.4 Å². The van der Waals surface area contributed by atoms with Crippen molar-refractivity contribution in [3.05, 3.63) is 24.3 Å². The smallest absolute Gasteiger partial charge is 0.223 e. The molecule has 0 aliphatic carbocycles. The minimum atomic E-state index is 0. The van der Waals surface area contributed by atoms with E-state index in [0.717, 1.165) is 31.5 Å². The van der Waals surface area contributed by atoms with Crippen LogP contribution in [-0.2, 0) is 0 Å². The molecule has 1 aromatic carbocycles. The highest BCUT2D eigenvalue weighted by atomic mass is 35.5. The van der Waals surface area contributed by atoms with Crippen molar-refractivity contribution in [2.45, 2.75) is 19.3 Å². The van der Waals surface area contributed by atoms with Gasteiger partial charge in [-0.05, 0) is 48.7 Å². The third-order valence-corrected chi connectivity index (χ3v) is 3.62. The van der Waals surface area contributed by atoms with Gasteiger partial charge in [-0.25, -0.2) is 4.99 Å². The lowest BCUT2D eigenvalue weighted by molar-refractivity contribution is 0.339. The van der Waals surface area contributed by atoms with Gasteiger partial charge in [0.15, 0.2) is 5.96 Å². The van der Waals surface area contributed by atoms with Crippen molar-refractivity contribution in [1.29, 1.82) is 0 Å². The molecular formula is C14H20ClN9. The fraction of sp³-hybridized carbons (Fsp3) is 0.357. The number of aromatic amines is 1. The number of H-pyrrole nitrogens is 1. The number of benzene rings is 1. The zero-order chi connectivity index (χ0) is 16.1. The Morgan fingerprint density at radius 3 is 2.42 bits per heavy atom. The second kappa shape index (κ2) is 8.25. The Hall–Kier alpha value is -2.68. The number of likely N-dealkylation sites (tertiary alicyclic amines) is 1. The van der Waals surface area contributed by atoms with E-state index in [0.29, 0.717) is 17.5 Å². The molecular weight excluding hydrogens is 330 g/mol. The summed E-state index contributed by atoms with van der Waals surface area (Å²) in [7, 11) is 0. The van der Waals surface area contributed by atoms with Crippen molar-refractivity contribution in [3.8, 4) is 11.4 Å². The fourth-order valence-electron chi connectivity index (χ4n) is 2.44. The van der Waals surface area contributed by atoms with Gasteiger partial charge in [-0.15, -0.1) is 22.6 Å². The average Bonchev–Trinajstić information content (AvgIpc) is 3.11. The first-order chi connectivity index (χ1) is 11.2. The molecule has 0 unspecified atom stereocenters. The summed E-state index contributed by atoms with van der Waals surface area (Å²) < 4.78 is 0. The largest absolute Gasteiger partial charge is 0.369 e. The third kappa shape index (κ3) is 4.42. The van der Waals surface area contributed by atoms with E-state index < -0.39 is 0 Å². The molecule has 9 nitrogen and oxygen atoms in total. The van der Waals surface area contributed by atoms with Crippen LogP contribution in [0.15, 0.2) is 34.3 Å². The maximum Gasteiger partial charge on any atom is 0.223 e. The van der Waals surface area contributed by atoms with Gasteiger partial charge in [0.25, 0.3) is 0 Å². The number of nitrogens with one attached hydrogen (secondary N) is 1. The van der Waals surface area contributed by atoms with Crippen molar-refractivity contribution in [1.82, 2.24) is 25.5 Å². The maximum atomic E-state index is 5.98. The van der Waals surface area contributed by atoms with E-state index in [4.69, 9.17) is 11.5 Å². The molecule has 0 bridgehead atoms. The zero-order valence-corrected chi connectivity index (χ0v) is 13.9. The molecule has 1 fully saturated rings. The Morgan fingerprint density at radius 2 is 1.79 bits per heavy atom. The summed E-state index contributed by atoms with van der Waals surface area (Å²) in [6.07, 6.45) is 3.50. The fourth-order valence-corrected chi connectivity index (χ4v) is 2.44. The Morgan fingerprint density at radius 1 is 1.08 bits per heavy atom. The number of aromatic nitrogens is 4. The van der Waals surface area contributed by atoms with E-state index >= 15 is 0 Å². The molecule has 3 rings (SSSR count). The predicted molar refractivity (Wildman–Crippen MR) is 95.2 cm³/mol. The van der Waals surface area contributed by atoms with Crippen molar-refractivity contribution >= 4 is 30.0 Å². The van der Waals surface area contributed by atoms with Crippen LogP contribution in [0.1, 0.15) is 19.3 Å². The van der Waals surface area contributed by atoms with Crippen molar-refractivity contribution in [3.63, 3.8) is 0 Å². The molecule has 10 heteroatoms. The Kier molecular flexibility index (Phi) is 6.07. The van der Waals surface area contributed by atoms with Gasteiger partial charge in [-0.2, -0.15) is 10.2 Å². The number of halogens is 1. The van der Waals surface area contributed by atoms with Crippen LogP contribution in [0.5, 0.6) is 0 Å². The first-order valence-electron chi connectivity index (χ1n) is 7.49. The minimum absolute atomic E-state index is 0. The molecule has 0 atom stereocenters. The zero-order valence-electron chi connectivity index (χ0n) is 13.1. The van der Waals surface area contributed by atoms with Gasteiger partial charge in [-0.1, -0.05) is 0 Å². The second-order valence-electron chi connectivity index (χ2n) is 5.27. The summed E-state index contributed by atoms with van der Waals surface area (Å²) in [5.41, 5.74) is 13.4. The van der Waals surface area contributed by atoms with Crippen molar-refractivity contribution < 1.29 is 0 Å². The van der Waals surface area contributed by atoms with E-state index in [1.54, 1.807) is 0 Å². The van der Waals surface area contributed by atoms with Crippen LogP contribution < -0.4 is 11.5 Å². The topological polar surface area (TPSA) is 134 Å². The van der Waals surface area contributed by atoms with Gasteiger partial charge in [0, 0.05) is 18.7 Å². The molecule has 1 aliphatic heterocycles. The molecule has 1 aromatic heterocycles. The van der Waals surface area contributed by atoms with Gasteiger partial charge < -0.3 is 16.4 Å². The summed E-state index contributed by atoms with van der Waals surface area (Å²) in [5, 5.41) is 13.8. The number of nitrogens with zero attached hydrogens (tertiary/aromatic N) is 6. The lowest BCUT2D eigenvalue weighted by Gasteiger charge is -2.27. The van der Waals surface area contributed by atoms with Gasteiger partial charge in [0.1, 0.15) is 0 Å². The van der Waals surface area contributed by atoms with Gasteiger partial charge >= 0.3 is 0 Å². The highest BCUT2D eigenvalue weighted by molar-refractivity contribution is 5.94. The molecule has 0 spiro atoms. The molecule has 128 valence electrons. The van der Waals surface area contributed by atoms with Gasteiger partial charge in [-0.3, -0.25) is 0 Å². The van der Waals surface area contributed by atoms with Crippen LogP contribution in [0, 0.1) is 0 Å². The van der Waals surface area contributed by atoms with E-state index in [2.05, 4.69) is 30.6 Å². The molecule has 0 saturated carbocycles. The van der Waals surface area contributed by atoms with Crippen LogP contribution in [0.4, 0.5) is 5.69 Å². The Balaban J connectivity index is 0.00000208. The molecule has 1 aliphatic rings. The molecule has 24 heavy (non-hydrogen) atoms. The molecule has 2 aromatic rings. The molecule has 0 amide bonds. The summed E-state index contributed by atoms with van der Waals surface area (Å²) in [4.78, 5) is 10.5. The normalized spacial score (nSPS) is 15.9. The standard InChI is InChI=1S/C14H19N9.ClH/c15-13(18-14(16)23-8-2-1-3-9-23)17-11-6-4-10(5-7-11)12-19-21-22-20-12;/h4-7H,1-3,8-9H2,(H4,15,16,17,18)(H,19,20,21,22);1H. The highest BCUT2D eigenvalue weighted by Crippen LogP contribution is 2.18. The maximum absolute atomic E-state index is 5.98. The first kappa shape index (κ1) is 17.7. The number of tetrazole rings is 1. The van der Waals surface area contributed by atoms with Crippen molar-refractivity contribution in [2.24, 2.45) is 21.5 Å². The minimum Gasteiger partial charge on any atom is -0.369 e. The van der Waals surface area contributed by atoms with Gasteiger partial charge in [0.2, 0.25) is 11.8 Å². The number of hydrogen-bond donors (Lipinski definition) is 3. The number of piperidine rings is 1. The number of nitrogens with two attached hydrogens (primary N) is 2. The molecule has 5 N–H and O–H groups in total.